The van der Waals surface area contributed by atoms with Crippen molar-refractivity contribution in [1.82, 2.24) is 10.2 Å². The van der Waals surface area contributed by atoms with Crippen molar-refractivity contribution >= 4 is 11.8 Å². The smallest absolute Gasteiger partial charge is 0.248 e. The molecule has 1 aliphatic heterocycles. The van der Waals surface area contributed by atoms with Gasteiger partial charge in [0.25, 0.3) is 0 Å². The third-order valence-electron chi connectivity index (χ3n) is 4.37. The molecule has 1 saturated carbocycles. The molecule has 4 nitrogen and oxygen atoms in total. The van der Waals surface area contributed by atoms with E-state index in [0.29, 0.717) is 12.5 Å². The van der Waals surface area contributed by atoms with Crippen molar-refractivity contribution < 1.29 is 9.59 Å². The summed E-state index contributed by atoms with van der Waals surface area (Å²) in [6.07, 6.45) is 4.05. The maximum atomic E-state index is 12.8. The molecular formula is C17H22N2O2. The van der Waals surface area contributed by atoms with Gasteiger partial charge in [-0.1, -0.05) is 43.7 Å². The number of carbonyl (C=O) groups is 2. The molecule has 1 aromatic carbocycles. The minimum atomic E-state index is -0.472. The largest absolute Gasteiger partial charge is 0.342 e. The van der Waals surface area contributed by atoms with Gasteiger partial charge in [-0.3, -0.25) is 9.59 Å². The second kappa shape index (κ2) is 5.88. The van der Waals surface area contributed by atoms with E-state index in [1.165, 1.54) is 0 Å². The number of nitrogens with one attached hydrogen (secondary N) is 1. The Morgan fingerprint density at radius 2 is 1.90 bits per heavy atom. The fourth-order valence-electron chi connectivity index (χ4n) is 3.02. The number of benzene rings is 1. The lowest BCUT2D eigenvalue weighted by Crippen LogP contribution is -2.60. The second-order valence-electron chi connectivity index (χ2n) is 6.02. The van der Waals surface area contributed by atoms with Crippen LogP contribution < -0.4 is 5.32 Å². The lowest BCUT2D eigenvalue weighted by atomic mass is 9.97. The molecule has 21 heavy (non-hydrogen) atoms. The number of carbonyl (C=O) groups excluding carboxylic acids is 2. The van der Waals surface area contributed by atoms with Gasteiger partial charge in [0, 0.05) is 6.54 Å². The molecule has 2 amide bonds. The van der Waals surface area contributed by atoms with Gasteiger partial charge in [0.2, 0.25) is 11.8 Å². The lowest BCUT2D eigenvalue weighted by molar-refractivity contribution is -0.150. The number of nitrogens with zero attached hydrogens (tertiary/aromatic N) is 1. The van der Waals surface area contributed by atoms with Crippen LogP contribution in [0.4, 0.5) is 0 Å². The Morgan fingerprint density at radius 1 is 1.19 bits per heavy atom. The van der Waals surface area contributed by atoms with E-state index < -0.39 is 6.04 Å². The first-order valence-electron chi connectivity index (χ1n) is 7.88. The summed E-state index contributed by atoms with van der Waals surface area (Å²) in [4.78, 5) is 27.1. The number of rotatable bonds is 5. The molecule has 2 aliphatic rings. The fourth-order valence-corrected chi connectivity index (χ4v) is 3.02. The Morgan fingerprint density at radius 3 is 2.52 bits per heavy atom. The first kappa shape index (κ1) is 14.1. The summed E-state index contributed by atoms with van der Waals surface area (Å²) in [7, 11) is 0. The summed E-state index contributed by atoms with van der Waals surface area (Å²) in [5.74, 6) is 0.413. The Hall–Kier alpha value is -1.84. The van der Waals surface area contributed by atoms with Gasteiger partial charge >= 0.3 is 0 Å². The van der Waals surface area contributed by atoms with Gasteiger partial charge in [-0.15, -0.1) is 0 Å². The maximum Gasteiger partial charge on any atom is 0.248 e. The van der Waals surface area contributed by atoms with E-state index in [-0.39, 0.29) is 17.9 Å². The standard InChI is InChI=1S/C17H22N2O2/c1-2-3-11-19-15(13-7-5-4-6-8-13)16(20)18-14(17(19)21)12-9-10-12/h4-8,12,14-15H,2-3,9-11H2,1H3,(H,18,20). The summed E-state index contributed by atoms with van der Waals surface area (Å²) in [5.41, 5.74) is 0.897. The predicted octanol–water partition coefficient (Wildman–Crippen LogP) is 2.26. The van der Waals surface area contributed by atoms with E-state index >= 15 is 0 Å². The molecule has 1 heterocycles. The van der Waals surface area contributed by atoms with Crippen molar-refractivity contribution in [2.75, 3.05) is 6.54 Å². The number of piperazine rings is 1. The molecule has 2 fully saturated rings. The van der Waals surface area contributed by atoms with Crippen molar-refractivity contribution in [3.05, 3.63) is 35.9 Å². The Bertz CT molecular complexity index is 525. The van der Waals surface area contributed by atoms with E-state index in [1.54, 1.807) is 4.90 Å². The molecule has 1 aliphatic carbocycles. The molecule has 4 heteroatoms. The van der Waals surface area contributed by atoms with Crippen molar-refractivity contribution in [1.29, 1.82) is 0 Å². The second-order valence-corrected chi connectivity index (χ2v) is 6.02. The zero-order chi connectivity index (χ0) is 14.8. The van der Waals surface area contributed by atoms with Gasteiger partial charge in [0.05, 0.1) is 0 Å². The van der Waals surface area contributed by atoms with Crippen molar-refractivity contribution in [2.45, 2.75) is 44.7 Å². The lowest BCUT2D eigenvalue weighted by Gasteiger charge is -2.39. The minimum Gasteiger partial charge on any atom is -0.342 e. The summed E-state index contributed by atoms with van der Waals surface area (Å²) in [5, 5.41) is 2.95. The normalized spacial score (nSPS) is 25.9. The highest BCUT2D eigenvalue weighted by molar-refractivity contribution is 5.97. The third-order valence-corrected chi connectivity index (χ3v) is 4.37. The molecule has 0 bridgehead atoms. The van der Waals surface area contributed by atoms with E-state index in [1.807, 2.05) is 30.3 Å². The summed E-state index contributed by atoms with van der Waals surface area (Å²) >= 11 is 0. The van der Waals surface area contributed by atoms with Crippen LogP contribution in [0.15, 0.2) is 30.3 Å². The number of hydrogen-bond acceptors (Lipinski definition) is 2. The van der Waals surface area contributed by atoms with E-state index in [4.69, 9.17) is 0 Å². The van der Waals surface area contributed by atoms with Crippen LogP contribution in [0.3, 0.4) is 0 Å². The molecule has 2 unspecified atom stereocenters. The van der Waals surface area contributed by atoms with Gasteiger partial charge in [-0.2, -0.15) is 0 Å². The monoisotopic (exact) mass is 286 g/mol. The molecule has 1 aromatic rings. The molecule has 112 valence electrons. The zero-order valence-electron chi connectivity index (χ0n) is 12.4. The molecule has 1 N–H and O–H groups in total. The highest BCUT2D eigenvalue weighted by Gasteiger charge is 2.46. The molecule has 1 saturated heterocycles. The van der Waals surface area contributed by atoms with E-state index in [0.717, 1.165) is 31.2 Å². The van der Waals surface area contributed by atoms with E-state index in [2.05, 4.69) is 12.2 Å². The number of amides is 2. The summed E-state index contributed by atoms with van der Waals surface area (Å²) < 4.78 is 0. The summed E-state index contributed by atoms with van der Waals surface area (Å²) in [6.45, 7) is 2.76. The van der Waals surface area contributed by atoms with Crippen LogP contribution in [-0.2, 0) is 9.59 Å². The fraction of sp³-hybridized carbons (Fsp3) is 0.529. The van der Waals surface area contributed by atoms with Crippen LogP contribution in [0, 0.1) is 5.92 Å². The first-order valence-corrected chi connectivity index (χ1v) is 7.88. The molecule has 0 spiro atoms. The molecule has 0 radical (unpaired) electrons. The first-order chi connectivity index (χ1) is 10.2. The Balaban J connectivity index is 1.88. The van der Waals surface area contributed by atoms with Crippen molar-refractivity contribution in [2.24, 2.45) is 5.92 Å². The van der Waals surface area contributed by atoms with Crippen LogP contribution in [0.1, 0.15) is 44.2 Å². The third kappa shape index (κ3) is 2.80. The van der Waals surface area contributed by atoms with Crippen LogP contribution >= 0.6 is 0 Å². The van der Waals surface area contributed by atoms with Gasteiger partial charge < -0.3 is 10.2 Å². The van der Waals surface area contributed by atoms with Crippen LogP contribution in [-0.4, -0.2) is 29.3 Å². The topological polar surface area (TPSA) is 49.4 Å². The molecular weight excluding hydrogens is 264 g/mol. The average Bonchev–Trinajstić information content (AvgIpc) is 3.33. The highest BCUT2D eigenvalue weighted by atomic mass is 16.2. The van der Waals surface area contributed by atoms with Crippen molar-refractivity contribution in [3.8, 4) is 0 Å². The van der Waals surface area contributed by atoms with Crippen LogP contribution in [0.2, 0.25) is 0 Å². The zero-order valence-corrected chi connectivity index (χ0v) is 12.4. The van der Waals surface area contributed by atoms with Crippen LogP contribution in [0.5, 0.6) is 0 Å². The summed E-state index contributed by atoms with van der Waals surface area (Å²) in [6, 6.07) is 8.84. The van der Waals surface area contributed by atoms with Gasteiger partial charge in [0.15, 0.2) is 0 Å². The quantitative estimate of drug-likeness (QED) is 0.902. The molecule has 3 rings (SSSR count). The Kier molecular flexibility index (Phi) is 3.95. The maximum absolute atomic E-state index is 12.8. The van der Waals surface area contributed by atoms with Gasteiger partial charge in [-0.25, -0.2) is 0 Å². The van der Waals surface area contributed by atoms with Gasteiger partial charge in [-0.05, 0) is 30.7 Å². The van der Waals surface area contributed by atoms with Gasteiger partial charge in [0.1, 0.15) is 12.1 Å². The average molecular weight is 286 g/mol. The molecule has 0 aromatic heterocycles. The van der Waals surface area contributed by atoms with E-state index in [9.17, 15) is 9.59 Å². The Labute approximate surface area is 125 Å². The SMILES string of the molecule is CCCCN1C(=O)C(C2CC2)NC(=O)C1c1ccccc1. The number of unbranched alkanes of at least 4 members (excludes halogenated alkanes) is 1. The molecule has 2 atom stereocenters. The number of hydrogen-bond donors (Lipinski definition) is 1. The van der Waals surface area contributed by atoms with Crippen molar-refractivity contribution in [3.63, 3.8) is 0 Å². The minimum absolute atomic E-state index is 0.0335. The predicted molar refractivity (Wildman–Crippen MR) is 80.5 cm³/mol. The highest BCUT2D eigenvalue weighted by Crippen LogP contribution is 2.37. The van der Waals surface area contributed by atoms with Crippen LogP contribution in [0.25, 0.3) is 0 Å².